The molecule has 0 saturated heterocycles. The highest BCUT2D eigenvalue weighted by atomic mass is 79.9. The van der Waals surface area contributed by atoms with Gasteiger partial charge in [0.15, 0.2) is 0 Å². The van der Waals surface area contributed by atoms with Gasteiger partial charge >= 0.3 is 15.6 Å². The van der Waals surface area contributed by atoms with E-state index in [0.717, 1.165) is 11.6 Å². The molecule has 0 N–H and O–H groups in total. The highest BCUT2D eigenvalue weighted by Gasteiger charge is 2.49. The summed E-state index contributed by atoms with van der Waals surface area (Å²) in [6.45, 7) is 0. The average Bonchev–Trinajstić information content (AvgIpc) is 2.39. The molecule has 11 heteroatoms. The standard InChI is InChI=1S/C11H6BrF4NO4S/c1-17-7-3-2-6(12)9(13)5(7)4-8(10(17)18)21-22(19,20)11(14,15)16/h2-4H,1H3. The molecule has 1 aromatic carbocycles. The van der Waals surface area contributed by atoms with Gasteiger partial charge in [0, 0.05) is 12.4 Å². The lowest BCUT2D eigenvalue weighted by atomic mass is 10.2. The number of alkyl halides is 3. The second kappa shape index (κ2) is 5.23. The lowest BCUT2D eigenvalue weighted by Crippen LogP contribution is -2.31. The Bertz CT molecular complexity index is 920. The van der Waals surface area contributed by atoms with Crippen LogP contribution >= 0.6 is 15.9 Å². The molecule has 0 bridgehead atoms. The zero-order valence-corrected chi connectivity index (χ0v) is 13.0. The van der Waals surface area contributed by atoms with Gasteiger partial charge in [0.1, 0.15) is 5.82 Å². The second-order valence-corrected chi connectivity index (χ2v) is 6.54. The highest BCUT2D eigenvalue weighted by Crippen LogP contribution is 2.29. The summed E-state index contributed by atoms with van der Waals surface area (Å²) in [7, 11) is -4.89. The van der Waals surface area contributed by atoms with Crippen molar-refractivity contribution in [2.45, 2.75) is 5.51 Å². The minimum atomic E-state index is -6.03. The molecule has 2 rings (SSSR count). The summed E-state index contributed by atoms with van der Waals surface area (Å²) in [5.74, 6) is -2.02. The van der Waals surface area contributed by atoms with Crippen LogP contribution in [0.4, 0.5) is 17.6 Å². The van der Waals surface area contributed by atoms with E-state index in [9.17, 15) is 30.8 Å². The van der Waals surface area contributed by atoms with Crippen LogP contribution in [0.1, 0.15) is 0 Å². The Morgan fingerprint density at radius 2 is 1.86 bits per heavy atom. The van der Waals surface area contributed by atoms with E-state index in [1.165, 1.54) is 12.1 Å². The Labute approximate surface area is 129 Å². The average molecular weight is 404 g/mol. The van der Waals surface area contributed by atoms with E-state index in [2.05, 4.69) is 20.1 Å². The number of benzene rings is 1. The third kappa shape index (κ3) is 2.70. The third-order valence-corrected chi connectivity index (χ3v) is 4.32. The molecular weight excluding hydrogens is 398 g/mol. The first-order valence-corrected chi connectivity index (χ1v) is 7.64. The van der Waals surface area contributed by atoms with Crippen molar-refractivity contribution >= 4 is 37.0 Å². The van der Waals surface area contributed by atoms with E-state index in [4.69, 9.17) is 0 Å². The van der Waals surface area contributed by atoms with Crippen molar-refractivity contribution in [3.63, 3.8) is 0 Å². The Hall–Kier alpha value is -1.62. The fraction of sp³-hybridized carbons (Fsp3) is 0.182. The number of pyridine rings is 1. The van der Waals surface area contributed by atoms with Crippen LogP contribution < -0.4 is 9.74 Å². The molecule has 1 heterocycles. The van der Waals surface area contributed by atoms with Crippen molar-refractivity contribution in [1.29, 1.82) is 0 Å². The molecule has 0 aliphatic heterocycles. The predicted molar refractivity (Wildman–Crippen MR) is 72.4 cm³/mol. The van der Waals surface area contributed by atoms with E-state index >= 15 is 0 Å². The zero-order chi connectivity index (χ0) is 16.9. The summed E-state index contributed by atoms with van der Waals surface area (Å²) in [5.41, 5.74) is -6.80. The summed E-state index contributed by atoms with van der Waals surface area (Å²) in [4.78, 5) is 11.9. The summed E-state index contributed by atoms with van der Waals surface area (Å²) in [6.07, 6.45) is 0. The van der Waals surface area contributed by atoms with Crippen molar-refractivity contribution in [3.8, 4) is 5.75 Å². The van der Waals surface area contributed by atoms with Crippen molar-refractivity contribution in [2.75, 3.05) is 0 Å². The molecule has 0 radical (unpaired) electrons. The Morgan fingerprint density at radius 3 is 2.41 bits per heavy atom. The minimum absolute atomic E-state index is 0.0109. The fourth-order valence-electron chi connectivity index (χ4n) is 1.68. The molecule has 0 aliphatic rings. The number of rotatable bonds is 2. The van der Waals surface area contributed by atoms with E-state index in [1.807, 2.05) is 0 Å². The van der Waals surface area contributed by atoms with Gasteiger partial charge in [-0.2, -0.15) is 21.6 Å². The second-order valence-electron chi connectivity index (χ2n) is 4.15. The van der Waals surface area contributed by atoms with Gasteiger partial charge in [0.05, 0.1) is 9.99 Å². The van der Waals surface area contributed by atoms with Gasteiger partial charge in [-0.3, -0.25) is 4.79 Å². The van der Waals surface area contributed by atoms with E-state index in [1.54, 1.807) is 0 Å². The summed E-state index contributed by atoms with van der Waals surface area (Å²) in [6, 6.07) is 3.25. The number of hydrogen-bond donors (Lipinski definition) is 0. The van der Waals surface area contributed by atoms with Crippen LogP contribution in [0.15, 0.2) is 27.5 Å². The first-order valence-electron chi connectivity index (χ1n) is 5.44. The molecule has 0 unspecified atom stereocenters. The summed E-state index contributed by atoms with van der Waals surface area (Å²) < 4.78 is 77.4. The first-order chi connectivity index (χ1) is 9.95. The lowest BCUT2D eigenvalue weighted by molar-refractivity contribution is -0.0500. The van der Waals surface area contributed by atoms with Crippen molar-refractivity contribution < 1.29 is 30.2 Å². The van der Waals surface area contributed by atoms with Crippen molar-refractivity contribution in [1.82, 2.24) is 4.57 Å². The van der Waals surface area contributed by atoms with Crippen LogP contribution in [0.3, 0.4) is 0 Å². The molecular formula is C11H6BrF4NO4S. The number of hydrogen-bond acceptors (Lipinski definition) is 4. The van der Waals surface area contributed by atoms with Gasteiger partial charge in [-0.15, -0.1) is 0 Å². The highest BCUT2D eigenvalue weighted by molar-refractivity contribution is 9.10. The largest absolute Gasteiger partial charge is 0.534 e. The van der Waals surface area contributed by atoms with Crippen LogP contribution in [0.2, 0.25) is 0 Å². The molecule has 0 atom stereocenters. The molecule has 2 aromatic rings. The Morgan fingerprint density at radius 1 is 1.27 bits per heavy atom. The molecule has 0 saturated carbocycles. The van der Waals surface area contributed by atoms with E-state index < -0.39 is 32.8 Å². The van der Waals surface area contributed by atoms with Gasteiger partial charge in [0.2, 0.25) is 5.75 Å². The smallest absolute Gasteiger partial charge is 0.370 e. The van der Waals surface area contributed by atoms with Crippen LogP contribution in [-0.2, 0) is 17.2 Å². The maximum absolute atomic E-state index is 14.0. The van der Waals surface area contributed by atoms with Gasteiger partial charge in [-0.25, -0.2) is 4.39 Å². The van der Waals surface area contributed by atoms with Crippen molar-refractivity contribution in [3.05, 3.63) is 38.8 Å². The fourth-order valence-corrected chi connectivity index (χ4v) is 2.47. The maximum atomic E-state index is 14.0. The SMILES string of the molecule is Cn1c(=O)c(OS(=O)(=O)C(F)(F)F)cc2c(F)c(Br)ccc21. The third-order valence-electron chi connectivity index (χ3n) is 2.74. The van der Waals surface area contributed by atoms with Gasteiger partial charge in [-0.1, -0.05) is 0 Å². The number of halogens is 5. The molecule has 120 valence electrons. The van der Waals surface area contributed by atoms with Crippen LogP contribution in [0.25, 0.3) is 10.9 Å². The molecule has 0 aliphatic carbocycles. The predicted octanol–water partition coefficient (Wildman–Crippen LogP) is 2.67. The topological polar surface area (TPSA) is 65.4 Å². The van der Waals surface area contributed by atoms with Gasteiger partial charge < -0.3 is 8.75 Å². The van der Waals surface area contributed by atoms with E-state index in [-0.39, 0.29) is 15.4 Å². The van der Waals surface area contributed by atoms with Crippen LogP contribution in [0, 0.1) is 5.82 Å². The number of aromatic nitrogens is 1. The molecule has 0 spiro atoms. The summed E-state index contributed by atoms with van der Waals surface area (Å²) in [5, 5.41) is -0.274. The van der Waals surface area contributed by atoms with Gasteiger partial charge in [-0.05, 0) is 34.1 Å². The normalized spacial score (nSPS) is 12.6. The van der Waals surface area contributed by atoms with Crippen LogP contribution in [0.5, 0.6) is 5.75 Å². The zero-order valence-electron chi connectivity index (χ0n) is 10.6. The van der Waals surface area contributed by atoms with Crippen LogP contribution in [-0.4, -0.2) is 18.5 Å². The first kappa shape index (κ1) is 16.7. The number of nitrogens with zero attached hydrogens (tertiary/aromatic N) is 1. The molecule has 1 aromatic heterocycles. The molecule has 0 amide bonds. The minimum Gasteiger partial charge on any atom is -0.370 e. The molecule has 22 heavy (non-hydrogen) atoms. The maximum Gasteiger partial charge on any atom is 0.534 e. The number of aryl methyl sites for hydroxylation is 1. The Balaban J connectivity index is 2.74. The monoisotopic (exact) mass is 403 g/mol. The Kier molecular flexibility index (Phi) is 3.98. The lowest BCUT2D eigenvalue weighted by Gasteiger charge is -2.12. The molecule has 5 nitrogen and oxygen atoms in total. The quantitative estimate of drug-likeness (QED) is 0.439. The number of fused-ring (bicyclic) bond motifs is 1. The summed E-state index contributed by atoms with van der Waals surface area (Å²) >= 11 is 2.88. The van der Waals surface area contributed by atoms with E-state index in [0.29, 0.717) is 6.07 Å². The molecule has 0 fully saturated rings. The van der Waals surface area contributed by atoms with Gasteiger partial charge in [0.25, 0.3) is 5.56 Å². The van der Waals surface area contributed by atoms with Crippen molar-refractivity contribution in [2.24, 2.45) is 7.05 Å².